The molecule has 2 aromatic carbocycles. The number of halogens is 1. The van der Waals surface area contributed by atoms with E-state index in [1.54, 1.807) is 12.1 Å². The number of hydrogen-bond acceptors (Lipinski definition) is 2. The van der Waals surface area contributed by atoms with Gasteiger partial charge in [0.25, 0.3) is 5.91 Å². The molecule has 0 spiro atoms. The molecule has 1 aromatic heterocycles. The summed E-state index contributed by atoms with van der Waals surface area (Å²) in [4.78, 5) is 17.3. The summed E-state index contributed by atoms with van der Waals surface area (Å²) in [5.41, 5.74) is 5.86. The van der Waals surface area contributed by atoms with Crippen molar-refractivity contribution in [2.24, 2.45) is 0 Å². The van der Waals surface area contributed by atoms with Gasteiger partial charge in [-0.3, -0.25) is 4.79 Å². The summed E-state index contributed by atoms with van der Waals surface area (Å²) in [7, 11) is 0. The van der Waals surface area contributed by atoms with Crippen molar-refractivity contribution in [3.05, 3.63) is 88.5 Å². The molecule has 1 fully saturated rings. The number of aryl methyl sites for hydroxylation is 3. The van der Waals surface area contributed by atoms with Crippen molar-refractivity contribution in [1.82, 2.24) is 9.47 Å². The summed E-state index contributed by atoms with van der Waals surface area (Å²) in [5.74, 6) is -0.156. The van der Waals surface area contributed by atoms with Gasteiger partial charge in [-0.2, -0.15) is 0 Å². The second-order valence-electron chi connectivity index (χ2n) is 8.12. The van der Waals surface area contributed by atoms with E-state index in [-0.39, 0.29) is 11.7 Å². The Morgan fingerprint density at radius 1 is 0.933 bits per heavy atom. The van der Waals surface area contributed by atoms with Gasteiger partial charge in [0.05, 0.1) is 5.69 Å². The van der Waals surface area contributed by atoms with Gasteiger partial charge in [0, 0.05) is 38.4 Å². The van der Waals surface area contributed by atoms with E-state index >= 15 is 0 Å². The van der Waals surface area contributed by atoms with Crippen LogP contribution < -0.4 is 4.90 Å². The molecular weight excluding hydrogens is 377 g/mol. The van der Waals surface area contributed by atoms with Crippen LogP contribution in [-0.4, -0.2) is 41.6 Å². The van der Waals surface area contributed by atoms with Crippen molar-refractivity contribution in [2.45, 2.75) is 27.3 Å². The van der Waals surface area contributed by atoms with Crippen LogP contribution in [0.3, 0.4) is 0 Å². The van der Waals surface area contributed by atoms with Crippen LogP contribution in [0, 0.1) is 26.6 Å². The number of aromatic nitrogens is 1. The van der Waals surface area contributed by atoms with Gasteiger partial charge >= 0.3 is 0 Å². The fourth-order valence-electron chi connectivity index (χ4n) is 4.22. The Hall–Kier alpha value is -3.08. The molecule has 30 heavy (non-hydrogen) atoms. The van der Waals surface area contributed by atoms with Gasteiger partial charge in [0.1, 0.15) is 11.5 Å². The first-order chi connectivity index (χ1) is 14.4. The molecule has 4 nitrogen and oxygen atoms in total. The van der Waals surface area contributed by atoms with Crippen molar-refractivity contribution < 1.29 is 9.18 Å². The molecule has 1 aliphatic heterocycles. The lowest BCUT2D eigenvalue weighted by Crippen LogP contribution is -2.49. The number of amides is 1. The molecule has 1 amide bonds. The van der Waals surface area contributed by atoms with Crippen molar-refractivity contribution in [1.29, 1.82) is 0 Å². The lowest BCUT2D eigenvalue weighted by Gasteiger charge is -2.36. The molecule has 2 heterocycles. The van der Waals surface area contributed by atoms with E-state index in [0.717, 1.165) is 17.0 Å². The third-order valence-electron chi connectivity index (χ3n) is 5.92. The lowest BCUT2D eigenvalue weighted by atomic mass is 10.1. The number of hydrogen-bond donors (Lipinski definition) is 0. The highest BCUT2D eigenvalue weighted by Crippen LogP contribution is 2.23. The second kappa shape index (κ2) is 8.34. The summed E-state index contributed by atoms with van der Waals surface area (Å²) >= 11 is 0. The Morgan fingerprint density at radius 3 is 2.27 bits per heavy atom. The zero-order valence-electron chi connectivity index (χ0n) is 17.9. The third-order valence-corrected chi connectivity index (χ3v) is 5.92. The number of carbonyl (C=O) groups is 1. The van der Waals surface area contributed by atoms with Crippen LogP contribution in [0.15, 0.2) is 54.6 Å². The lowest BCUT2D eigenvalue weighted by molar-refractivity contribution is 0.0735. The Labute approximate surface area is 177 Å². The normalized spacial score (nSPS) is 14.3. The quantitative estimate of drug-likeness (QED) is 0.636. The molecular formula is C25H28FN3O. The third kappa shape index (κ3) is 3.97. The van der Waals surface area contributed by atoms with Crippen LogP contribution in [0.25, 0.3) is 0 Å². The highest BCUT2D eigenvalue weighted by molar-refractivity contribution is 5.94. The first-order valence-electron chi connectivity index (χ1n) is 10.4. The van der Waals surface area contributed by atoms with Gasteiger partial charge in [-0.25, -0.2) is 4.39 Å². The van der Waals surface area contributed by atoms with Crippen molar-refractivity contribution in [2.75, 3.05) is 31.1 Å². The average Bonchev–Trinajstić information content (AvgIpc) is 3.02. The van der Waals surface area contributed by atoms with Gasteiger partial charge in [0.2, 0.25) is 0 Å². The number of rotatable bonds is 4. The predicted octanol–water partition coefficient (Wildman–Crippen LogP) is 4.56. The zero-order valence-corrected chi connectivity index (χ0v) is 17.9. The van der Waals surface area contributed by atoms with Crippen LogP contribution in [0.2, 0.25) is 0 Å². The number of piperazine rings is 1. The van der Waals surface area contributed by atoms with Crippen molar-refractivity contribution in [3.8, 4) is 0 Å². The minimum Gasteiger partial charge on any atom is -0.366 e. The first-order valence-corrected chi connectivity index (χ1v) is 10.4. The van der Waals surface area contributed by atoms with Crippen LogP contribution in [-0.2, 0) is 6.54 Å². The maximum atomic E-state index is 14.1. The zero-order chi connectivity index (χ0) is 21.3. The number of nitrogens with zero attached hydrogens (tertiary/aromatic N) is 3. The van der Waals surface area contributed by atoms with Gasteiger partial charge in [0.15, 0.2) is 0 Å². The van der Waals surface area contributed by atoms with Gasteiger partial charge in [-0.05, 0) is 50.1 Å². The number of anilines is 1. The molecule has 0 saturated carbocycles. The van der Waals surface area contributed by atoms with Crippen molar-refractivity contribution in [3.63, 3.8) is 0 Å². The predicted molar refractivity (Wildman–Crippen MR) is 119 cm³/mol. The van der Waals surface area contributed by atoms with E-state index < -0.39 is 0 Å². The van der Waals surface area contributed by atoms with Gasteiger partial charge in [-0.1, -0.05) is 42.0 Å². The molecule has 1 aliphatic rings. The van der Waals surface area contributed by atoms with E-state index in [2.05, 4.69) is 41.8 Å². The molecule has 5 heteroatoms. The molecule has 1 saturated heterocycles. The van der Waals surface area contributed by atoms with Crippen LogP contribution >= 0.6 is 0 Å². The van der Waals surface area contributed by atoms with Crippen LogP contribution in [0.1, 0.15) is 32.9 Å². The number of carbonyl (C=O) groups excluding carboxylic acids is 1. The summed E-state index contributed by atoms with van der Waals surface area (Å²) in [5, 5.41) is 0. The fraction of sp³-hybridized carbons (Fsp3) is 0.320. The smallest absolute Gasteiger partial charge is 0.270 e. The minimum absolute atomic E-state index is 0.0564. The number of para-hydroxylation sites is 1. The monoisotopic (exact) mass is 405 g/mol. The Kier molecular flexibility index (Phi) is 5.62. The Bertz CT molecular complexity index is 1050. The largest absolute Gasteiger partial charge is 0.366 e. The molecule has 3 aromatic rings. The molecule has 4 rings (SSSR count). The van der Waals surface area contributed by atoms with Crippen molar-refractivity contribution >= 4 is 11.6 Å². The molecule has 0 unspecified atom stereocenters. The van der Waals surface area contributed by atoms with E-state index in [1.807, 2.05) is 29.7 Å². The maximum Gasteiger partial charge on any atom is 0.270 e. The fourth-order valence-corrected chi connectivity index (χ4v) is 4.22. The molecule has 0 bridgehead atoms. The maximum absolute atomic E-state index is 14.1. The molecule has 156 valence electrons. The summed E-state index contributed by atoms with van der Waals surface area (Å²) in [6, 6.07) is 17.3. The first kappa shape index (κ1) is 20.2. The van der Waals surface area contributed by atoms with E-state index in [0.29, 0.717) is 38.4 Å². The summed E-state index contributed by atoms with van der Waals surface area (Å²) in [6.45, 7) is 9.23. The van der Waals surface area contributed by atoms with Gasteiger partial charge in [-0.15, -0.1) is 0 Å². The van der Waals surface area contributed by atoms with E-state index in [9.17, 15) is 9.18 Å². The minimum atomic E-state index is -0.212. The topological polar surface area (TPSA) is 28.5 Å². The Morgan fingerprint density at radius 2 is 1.60 bits per heavy atom. The summed E-state index contributed by atoms with van der Waals surface area (Å²) in [6.07, 6.45) is 0. The number of benzene rings is 2. The molecule has 0 atom stereocenters. The highest BCUT2D eigenvalue weighted by Gasteiger charge is 2.27. The molecule has 0 aliphatic carbocycles. The van der Waals surface area contributed by atoms with Gasteiger partial charge < -0.3 is 14.4 Å². The SMILES string of the molecule is Cc1ccc(Cn2c(C)cc(C)c2C(=O)N2CCN(c3ccccc3F)CC2)cc1. The standard InChI is InChI=1S/C25H28FN3O/c1-18-8-10-21(11-9-18)17-29-20(3)16-19(2)24(29)25(30)28-14-12-27(13-15-28)23-7-5-4-6-22(23)26/h4-11,16H,12-15,17H2,1-3H3. The second-order valence-corrected chi connectivity index (χ2v) is 8.12. The molecule has 0 N–H and O–H groups in total. The molecule has 0 radical (unpaired) electrons. The van der Waals surface area contributed by atoms with E-state index in [4.69, 9.17) is 0 Å². The van der Waals surface area contributed by atoms with Crippen LogP contribution in [0.5, 0.6) is 0 Å². The summed E-state index contributed by atoms with van der Waals surface area (Å²) < 4.78 is 16.2. The highest BCUT2D eigenvalue weighted by atomic mass is 19.1. The van der Waals surface area contributed by atoms with E-state index in [1.165, 1.54) is 17.2 Å². The average molecular weight is 406 g/mol. The van der Waals surface area contributed by atoms with Crippen LogP contribution in [0.4, 0.5) is 10.1 Å². The Balaban J connectivity index is 1.51.